The minimum absolute atomic E-state index is 0.158. The molecule has 2 aliphatic heterocycles. The number of benzene rings is 15. The zero-order chi connectivity index (χ0) is 67.8. The summed E-state index contributed by atoms with van der Waals surface area (Å²) in [5, 5.41) is 14.9. The second-order valence-electron chi connectivity index (χ2n) is 32.1. The average molecular weight is 1280 g/mol. The third kappa shape index (κ3) is 9.83. The van der Waals surface area contributed by atoms with E-state index >= 15 is 0 Å². The van der Waals surface area contributed by atoms with Gasteiger partial charge in [-0.25, -0.2) is 15.0 Å². The molecule has 3 heterocycles. The Hall–Kier alpha value is -10.9. The van der Waals surface area contributed by atoms with Crippen molar-refractivity contribution in [2.45, 2.75) is 105 Å². The van der Waals surface area contributed by atoms with Crippen LogP contribution in [0.1, 0.15) is 105 Å². The van der Waals surface area contributed by atoms with Crippen LogP contribution in [0.3, 0.4) is 0 Å². The molecule has 0 spiro atoms. The van der Waals surface area contributed by atoms with E-state index in [0.717, 1.165) is 50.6 Å². The Morgan fingerprint density at radius 1 is 0.263 bits per heavy atom. The summed E-state index contributed by atoms with van der Waals surface area (Å²) in [5.41, 5.74) is 22.1. The van der Waals surface area contributed by atoms with E-state index in [9.17, 15) is 0 Å². The first kappa shape index (κ1) is 60.5. The zero-order valence-corrected chi connectivity index (χ0v) is 58.6. The summed E-state index contributed by atoms with van der Waals surface area (Å²) < 4.78 is 0. The molecule has 5 nitrogen and oxygen atoms in total. The summed E-state index contributed by atoms with van der Waals surface area (Å²) in [5.74, 6) is 1.88. The first-order chi connectivity index (χ1) is 47.6. The van der Waals surface area contributed by atoms with Gasteiger partial charge in [-0.05, 0) is 197 Å². The Morgan fingerprint density at radius 3 is 0.919 bits per heavy atom. The van der Waals surface area contributed by atoms with Crippen molar-refractivity contribution in [2.24, 2.45) is 0 Å². The highest BCUT2D eigenvalue weighted by atomic mass is 15.2. The van der Waals surface area contributed by atoms with Crippen LogP contribution in [0, 0.1) is 0 Å². The minimum atomic E-state index is -0.228. The molecule has 0 aliphatic carbocycles. The standard InChI is InChI=1S/C93H78BN5/c1-90(2,3)68-45-65(46-69(53-68)91(4,5)6)87-95-88(66-47-70(92(7,8)9)54-71(48-66)93(10,11)12)97-89(96-87)67-51-78-84-79(52-67)99(73-41-35-58(36-42-73)56-23-17-14-18-24-56)86-75-44-38-62-28-20-26-60-30-32-64(83(75)81(60)62)50-77(86)94(84)76-49-63-31-29-59-25-19-27-61-37-43-74(82(63)80(59)61)85(76)98(78)72-39-33-57(34-40-72)55-21-15-13-16-22-55/h13-54H,1-12H3. The number of rotatable bonds is 7. The first-order valence-corrected chi connectivity index (χ1v) is 35.2. The number of fused-ring (bicyclic) bond motifs is 6. The van der Waals surface area contributed by atoms with Gasteiger partial charge in [-0.15, -0.1) is 0 Å². The summed E-state index contributed by atoms with van der Waals surface area (Å²) in [4.78, 5) is 22.7. The van der Waals surface area contributed by atoms with Crippen LogP contribution in [0.25, 0.3) is 121 Å². The van der Waals surface area contributed by atoms with Gasteiger partial charge in [-0.2, -0.15) is 0 Å². The summed E-state index contributed by atoms with van der Waals surface area (Å²) in [7, 11) is 0. The molecule has 0 saturated carbocycles. The number of nitrogens with zero attached hydrogens (tertiary/aromatic N) is 5. The number of aromatic nitrogens is 3. The predicted octanol–water partition coefficient (Wildman–Crippen LogP) is 23.3. The van der Waals surface area contributed by atoms with Crippen molar-refractivity contribution < 1.29 is 0 Å². The third-order valence-corrected chi connectivity index (χ3v) is 21.5. The number of hydrogen-bond donors (Lipinski definition) is 0. The summed E-state index contributed by atoms with van der Waals surface area (Å²) in [6.07, 6.45) is 0. The normalized spacial score (nSPS) is 13.4. The van der Waals surface area contributed by atoms with Crippen LogP contribution in [0.5, 0.6) is 0 Å². The molecule has 2 aliphatic rings. The van der Waals surface area contributed by atoms with Gasteiger partial charge in [-0.1, -0.05) is 277 Å². The molecular weight excluding hydrogens is 1200 g/mol. The van der Waals surface area contributed by atoms with Crippen molar-refractivity contribution in [3.8, 4) is 56.4 Å². The molecule has 16 aromatic rings. The Labute approximate surface area is 581 Å². The van der Waals surface area contributed by atoms with Crippen molar-refractivity contribution in [3.63, 3.8) is 0 Å². The van der Waals surface area contributed by atoms with Crippen molar-refractivity contribution in [2.75, 3.05) is 9.80 Å². The fraction of sp³-hybridized carbons (Fsp3) is 0.172. The monoisotopic (exact) mass is 1280 g/mol. The lowest BCUT2D eigenvalue weighted by molar-refractivity contribution is 0.568. The molecule has 1 aromatic heterocycles. The van der Waals surface area contributed by atoms with E-state index in [-0.39, 0.29) is 28.4 Å². The highest BCUT2D eigenvalue weighted by Gasteiger charge is 2.46. The smallest absolute Gasteiger partial charge is 0.252 e. The number of hydrogen-bond acceptors (Lipinski definition) is 5. The highest BCUT2D eigenvalue weighted by Crippen LogP contribution is 2.53. The van der Waals surface area contributed by atoms with Crippen LogP contribution in [0.15, 0.2) is 255 Å². The molecule has 0 atom stereocenters. The van der Waals surface area contributed by atoms with Crippen LogP contribution >= 0.6 is 0 Å². The van der Waals surface area contributed by atoms with Crippen molar-refractivity contribution in [1.29, 1.82) is 0 Å². The van der Waals surface area contributed by atoms with Crippen molar-refractivity contribution in [1.82, 2.24) is 15.0 Å². The average Bonchev–Trinajstić information content (AvgIpc) is 0.676. The maximum atomic E-state index is 5.88. The van der Waals surface area contributed by atoms with Gasteiger partial charge in [0, 0.05) is 61.6 Å². The van der Waals surface area contributed by atoms with Gasteiger partial charge in [0.15, 0.2) is 17.5 Å². The van der Waals surface area contributed by atoms with Gasteiger partial charge in [-0.3, -0.25) is 0 Å². The van der Waals surface area contributed by atoms with E-state index < -0.39 is 0 Å². The second kappa shape index (κ2) is 21.8. The highest BCUT2D eigenvalue weighted by molar-refractivity contribution is 7.01. The van der Waals surface area contributed by atoms with E-state index in [4.69, 9.17) is 15.0 Å². The fourth-order valence-corrected chi connectivity index (χ4v) is 16.1. The lowest BCUT2D eigenvalue weighted by Crippen LogP contribution is -2.61. The second-order valence-corrected chi connectivity index (χ2v) is 32.1. The van der Waals surface area contributed by atoms with Crippen LogP contribution in [0.2, 0.25) is 0 Å². The van der Waals surface area contributed by atoms with Gasteiger partial charge in [0.1, 0.15) is 0 Å². The Kier molecular flexibility index (Phi) is 13.3. The molecule has 0 bridgehead atoms. The lowest BCUT2D eigenvalue weighted by atomic mass is 9.33. The molecule has 0 radical (unpaired) electrons. The molecule has 478 valence electrons. The Balaban J connectivity index is 1.00. The van der Waals surface area contributed by atoms with Gasteiger partial charge < -0.3 is 9.80 Å². The van der Waals surface area contributed by atoms with Crippen LogP contribution in [-0.2, 0) is 21.7 Å². The van der Waals surface area contributed by atoms with E-state index in [1.807, 2.05) is 0 Å². The van der Waals surface area contributed by atoms with E-state index in [1.54, 1.807) is 0 Å². The molecule has 0 unspecified atom stereocenters. The maximum Gasteiger partial charge on any atom is 0.252 e. The number of anilines is 6. The molecule has 0 fully saturated rings. The van der Waals surface area contributed by atoms with Gasteiger partial charge in [0.25, 0.3) is 6.71 Å². The third-order valence-electron chi connectivity index (χ3n) is 21.5. The maximum absolute atomic E-state index is 5.88. The largest absolute Gasteiger partial charge is 0.311 e. The van der Waals surface area contributed by atoms with Crippen LogP contribution in [0.4, 0.5) is 34.1 Å². The summed E-state index contributed by atoms with van der Waals surface area (Å²) >= 11 is 0. The molecular formula is C93H78BN5. The van der Waals surface area contributed by atoms with Crippen LogP contribution < -0.4 is 26.2 Å². The molecule has 0 N–H and O–H groups in total. The van der Waals surface area contributed by atoms with E-state index in [1.165, 1.54) is 126 Å². The van der Waals surface area contributed by atoms with Crippen molar-refractivity contribution in [3.05, 3.63) is 277 Å². The molecule has 0 saturated heterocycles. The fourth-order valence-electron chi connectivity index (χ4n) is 16.1. The Morgan fingerprint density at radius 2 is 0.576 bits per heavy atom. The molecule has 99 heavy (non-hydrogen) atoms. The molecule has 6 heteroatoms. The zero-order valence-electron chi connectivity index (χ0n) is 58.6. The topological polar surface area (TPSA) is 45.2 Å². The lowest BCUT2D eigenvalue weighted by Gasteiger charge is -2.45. The minimum Gasteiger partial charge on any atom is -0.311 e. The van der Waals surface area contributed by atoms with E-state index in [2.05, 4.69) is 348 Å². The molecule has 0 amide bonds. The van der Waals surface area contributed by atoms with Crippen molar-refractivity contribution >= 4 is 122 Å². The summed E-state index contributed by atoms with van der Waals surface area (Å²) in [6.45, 7) is 27.5. The first-order valence-electron chi connectivity index (χ1n) is 35.2. The SMILES string of the molecule is CC(C)(C)c1cc(-c2nc(-c3cc(C(C)(C)C)cc(C(C)(C)C)c3)nc(-c3cc4c5c(c3)N(c3ccc(-c6ccccc6)cc3)c3c(cc6ccc7cccc8ccc3c6c78)B5c3cc5ccc6cccc7ccc(c3N4c3ccc(-c4ccccc4)cc3)c5c67)n2)cc(C(C)(C)C)c1. The molecule has 15 aromatic carbocycles. The predicted molar refractivity (Wildman–Crippen MR) is 423 cm³/mol. The van der Waals surface area contributed by atoms with Gasteiger partial charge >= 0.3 is 0 Å². The molecule has 18 rings (SSSR count). The van der Waals surface area contributed by atoms with Crippen LogP contribution in [-0.4, -0.2) is 21.7 Å². The van der Waals surface area contributed by atoms with E-state index in [0.29, 0.717) is 17.5 Å². The Bertz CT molecular complexity index is 5490. The quantitative estimate of drug-likeness (QED) is 0.118. The van der Waals surface area contributed by atoms with Gasteiger partial charge in [0.05, 0.1) is 0 Å². The summed E-state index contributed by atoms with van der Waals surface area (Å²) in [6, 6.07) is 96.6. The van der Waals surface area contributed by atoms with Gasteiger partial charge in [0.2, 0.25) is 0 Å².